The van der Waals surface area contributed by atoms with Gasteiger partial charge in [0, 0.05) is 5.02 Å². The Balaban J connectivity index is 1.49. The molecule has 0 fully saturated rings. The second kappa shape index (κ2) is 9.41. The predicted molar refractivity (Wildman–Crippen MR) is 124 cm³/mol. The molecule has 0 radical (unpaired) electrons. The lowest BCUT2D eigenvalue weighted by Gasteiger charge is -2.12. The van der Waals surface area contributed by atoms with Crippen LogP contribution >= 0.6 is 23.2 Å². The summed E-state index contributed by atoms with van der Waals surface area (Å²) >= 11 is 12.2. The Morgan fingerprint density at radius 2 is 1.81 bits per heavy atom. The van der Waals surface area contributed by atoms with Crippen LogP contribution in [0, 0.1) is 6.92 Å². The molecule has 0 saturated carbocycles. The van der Waals surface area contributed by atoms with Gasteiger partial charge in [-0.15, -0.1) is 0 Å². The molecular formula is C24H21Cl2N3O2. The number of ether oxygens (including phenoxy) is 1. The Bertz CT molecular complexity index is 1240. The van der Waals surface area contributed by atoms with Crippen LogP contribution in [0.5, 0.6) is 5.75 Å². The number of hydrogen-bond acceptors (Lipinski definition) is 3. The van der Waals surface area contributed by atoms with E-state index in [1.807, 2.05) is 49.4 Å². The standard InChI is InChI=1S/C24H21Cl2N3O2/c1-16-14-17(10-11-19(16)25)31-13-12-29-22-9-5-4-8-21(22)28-23(29)15-27-24(30)18-6-2-3-7-20(18)26/h2-11,14H,12-13,15H2,1H3,(H,27,30). The van der Waals surface area contributed by atoms with Crippen LogP contribution in [-0.2, 0) is 13.1 Å². The topological polar surface area (TPSA) is 56.1 Å². The molecule has 4 aromatic rings. The summed E-state index contributed by atoms with van der Waals surface area (Å²) in [5, 5.41) is 4.05. The second-order valence-electron chi connectivity index (χ2n) is 7.09. The highest BCUT2D eigenvalue weighted by atomic mass is 35.5. The van der Waals surface area contributed by atoms with Gasteiger partial charge in [0.25, 0.3) is 5.91 Å². The van der Waals surface area contributed by atoms with Crippen molar-refractivity contribution in [2.45, 2.75) is 20.0 Å². The minimum atomic E-state index is -0.239. The number of imidazole rings is 1. The molecule has 31 heavy (non-hydrogen) atoms. The number of nitrogens with one attached hydrogen (secondary N) is 1. The average molecular weight is 454 g/mol. The van der Waals surface area contributed by atoms with Gasteiger partial charge < -0.3 is 14.6 Å². The monoisotopic (exact) mass is 453 g/mol. The molecule has 0 saturated heterocycles. The third-order valence-corrected chi connectivity index (χ3v) is 5.73. The van der Waals surface area contributed by atoms with Crippen LogP contribution in [0.1, 0.15) is 21.7 Å². The number of rotatable bonds is 7. The van der Waals surface area contributed by atoms with Crippen LogP contribution in [0.25, 0.3) is 11.0 Å². The zero-order valence-corrected chi connectivity index (χ0v) is 18.5. The SMILES string of the molecule is Cc1cc(OCCn2c(CNC(=O)c3ccccc3Cl)nc3ccccc32)ccc1Cl. The number of amides is 1. The molecule has 1 amide bonds. The van der Waals surface area contributed by atoms with Gasteiger partial charge in [0.05, 0.1) is 34.7 Å². The lowest BCUT2D eigenvalue weighted by Crippen LogP contribution is -2.25. The van der Waals surface area contributed by atoms with Crippen molar-refractivity contribution in [2.24, 2.45) is 0 Å². The average Bonchev–Trinajstić information content (AvgIpc) is 3.12. The van der Waals surface area contributed by atoms with Crippen LogP contribution in [0.4, 0.5) is 0 Å². The smallest absolute Gasteiger partial charge is 0.253 e. The molecule has 1 N–H and O–H groups in total. The predicted octanol–water partition coefficient (Wildman–Crippen LogP) is 5.66. The van der Waals surface area contributed by atoms with E-state index in [0.717, 1.165) is 28.2 Å². The highest BCUT2D eigenvalue weighted by Gasteiger charge is 2.14. The van der Waals surface area contributed by atoms with Gasteiger partial charge in [-0.1, -0.05) is 47.5 Å². The number of carbonyl (C=O) groups excluding carboxylic acids is 1. The molecule has 0 bridgehead atoms. The molecule has 1 heterocycles. The normalized spacial score (nSPS) is 10.9. The van der Waals surface area contributed by atoms with Crippen LogP contribution in [0.15, 0.2) is 66.7 Å². The number of aryl methyl sites for hydroxylation is 1. The van der Waals surface area contributed by atoms with Gasteiger partial charge in [-0.3, -0.25) is 4.79 Å². The molecule has 3 aromatic carbocycles. The highest BCUT2D eigenvalue weighted by molar-refractivity contribution is 6.33. The number of aromatic nitrogens is 2. The molecule has 7 heteroatoms. The van der Waals surface area contributed by atoms with E-state index >= 15 is 0 Å². The van der Waals surface area contributed by atoms with Gasteiger partial charge in [0.2, 0.25) is 0 Å². The van der Waals surface area contributed by atoms with E-state index in [0.29, 0.717) is 28.8 Å². The maximum Gasteiger partial charge on any atom is 0.253 e. The Labute approximate surface area is 190 Å². The van der Waals surface area contributed by atoms with Crippen molar-refractivity contribution >= 4 is 40.1 Å². The van der Waals surface area contributed by atoms with Crippen LogP contribution in [0.2, 0.25) is 10.0 Å². The lowest BCUT2D eigenvalue weighted by molar-refractivity contribution is 0.0949. The molecular weight excluding hydrogens is 433 g/mol. The first kappa shape index (κ1) is 21.2. The van der Waals surface area contributed by atoms with Crippen molar-refractivity contribution in [3.63, 3.8) is 0 Å². The van der Waals surface area contributed by atoms with Crippen LogP contribution in [0.3, 0.4) is 0 Å². The Morgan fingerprint density at radius 3 is 2.61 bits per heavy atom. The number of hydrogen-bond donors (Lipinski definition) is 1. The molecule has 0 spiro atoms. The Hall–Kier alpha value is -3.02. The van der Waals surface area contributed by atoms with E-state index in [4.69, 9.17) is 32.9 Å². The van der Waals surface area contributed by atoms with Crippen LogP contribution in [-0.4, -0.2) is 22.1 Å². The van der Waals surface area contributed by atoms with Crippen molar-refractivity contribution in [3.05, 3.63) is 93.7 Å². The summed E-state index contributed by atoms with van der Waals surface area (Å²) in [4.78, 5) is 17.3. The second-order valence-corrected chi connectivity index (χ2v) is 7.90. The Morgan fingerprint density at radius 1 is 1.03 bits per heavy atom. The summed E-state index contributed by atoms with van der Waals surface area (Å²) in [6, 6.07) is 20.4. The van der Waals surface area contributed by atoms with E-state index in [1.165, 1.54) is 0 Å². The van der Waals surface area contributed by atoms with Crippen molar-refractivity contribution in [1.82, 2.24) is 14.9 Å². The zero-order valence-electron chi connectivity index (χ0n) is 16.9. The number of halogens is 2. The first-order valence-electron chi connectivity index (χ1n) is 9.89. The van der Waals surface area contributed by atoms with Gasteiger partial charge in [-0.2, -0.15) is 0 Å². The molecule has 4 rings (SSSR count). The van der Waals surface area contributed by atoms with E-state index in [2.05, 4.69) is 9.88 Å². The summed E-state index contributed by atoms with van der Waals surface area (Å²) in [6.45, 7) is 3.25. The van der Waals surface area contributed by atoms with Gasteiger partial charge in [-0.25, -0.2) is 4.98 Å². The highest BCUT2D eigenvalue weighted by Crippen LogP contribution is 2.22. The quantitative estimate of drug-likeness (QED) is 0.392. The lowest BCUT2D eigenvalue weighted by atomic mass is 10.2. The fourth-order valence-corrected chi connectivity index (χ4v) is 3.71. The summed E-state index contributed by atoms with van der Waals surface area (Å²) in [7, 11) is 0. The van der Waals surface area contributed by atoms with E-state index < -0.39 is 0 Å². The molecule has 0 aliphatic carbocycles. The minimum Gasteiger partial charge on any atom is -0.492 e. The van der Waals surface area contributed by atoms with Crippen molar-refractivity contribution < 1.29 is 9.53 Å². The number of benzene rings is 3. The zero-order chi connectivity index (χ0) is 21.8. The molecule has 0 aliphatic rings. The number of nitrogens with zero attached hydrogens (tertiary/aromatic N) is 2. The van der Waals surface area contributed by atoms with Crippen molar-refractivity contribution in [2.75, 3.05) is 6.61 Å². The van der Waals surface area contributed by atoms with Crippen molar-refractivity contribution in [3.8, 4) is 5.75 Å². The van der Waals surface area contributed by atoms with Gasteiger partial charge in [0.15, 0.2) is 0 Å². The Kier molecular flexibility index (Phi) is 6.44. The van der Waals surface area contributed by atoms with Gasteiger partial charge >= 0.3 is 0 Å². The van der Waals surface area contributed by atoms with Gasteiger partial charge in [-0.05, 0) is 55.0 Å². The first-order chi connectivity index (χ1) is 15.0. The molecule has 0 atom stereocenters. The third kappa shape index (κ3) is 4.84. The number of carbonyl (C=O) groups is 1. The fourth-order valence-electron chi connectivity index (χ4n) is 3.37. The summed E-state index contributed by atoms with van der Waals surface area (Å²) in [6.07, 6.45) is 0. The maximum atomic E-state index is 12.6. The molecule has 158 valence electrons. The third-order valence-electron chi connectivity index (χ3n) is 4.97. The summed E-state index contributed by atoms with van der Waals surface area (Å²) in [5.41, 5.74) is 3.26. The van der Waals surface area contributed by atoms with Crippen LogP contribution < -0.4 is 10.1 Å². The van der Waals surface area contributed by atoms with E-state index in [-0.39, 0.29) is 12.5 Å². The molecule has 1 aromatic heterocycles. The maximum absolute atomic E-state index is 12.6. The molecule has 5 nitrogen and oxygen atoms in total. The van der Waals surface area contributed by atoms with Crippen molar-refractivity contribution in [1.29, 1.82) is 0 Å². The molecule has 0 unspecified atom stereocenters. The fraction of sp³-hybridized carbons (Fsp3) is 0.167. The minimum absolute atomic E-state index is 0.239. The summed E-state index contributed by atoms with van der Waals surface area (Å²) in [5.74, 6) is 1.27. The first-order valence-corrected chi connectivity index (χ1v) is 10.6. The van der Waals surface area contributed by atoms with Gasteiger partial charge in [0.1, 0.15) is 18.2 Å². The summed E-state index contributed by atoms with van der Waals surface area (Å²) < 4.78 is 7.98. The number of para-hydroxylation sites is 2. The van der Waals surface area contributed by atoms with E-state index in [9.17, 15) is 4.79 Å². The van der Waals surface area contributed by atoms with E-state index in [1.54, 1.807) is 24.3 Å². The number of fused-ring (bicyclic) bond motifs is 1. The molecule has 0 aliphatic heterocycles. The largest absolute Gasteiger partial charge is 0.492 e.